The number of amides is 2. The van der Waals surface area contributed by atoms with Gasteiger partial charge >= 0.3 is 0 Å². The molecule has 0 heterocycles. The van der Waals surface area contributed by atoms with E-state index in [0.29, 0.717) is 28.0 Å². The van der Waals surface area contributed by atoms with E-state index in [1.54, 1.807) is 29.2 Å². The van der Waals surface area contributed by atoms with Gasteiger partial charge in [-0.2, -0.15) is 0 Å². The van der Waals surface area contributed by atoms with E-state index in [1.807, 2.05) is 25.1 Å². The summed E-state index contributed by atoms with van der Waals surface area (Å²) in [7, 11) is 0. The second-order valence-electron chi connectivity index (χ2n) is 7.14. The van der Waals surface area contributed by atoms with Gasteiger partial charge < -0.3 is 10.2 Å². The molecule has 0 aromatic heterocycles. The highest BCUT2D eigenvalue weighted by Gasteiger charge is 2.28. The van der Waals surface area contributed by atoms with Crippen LogP contribution in [0.15, 0.2) is 42.5 Å². The monoisotopic (exact) mass is 468 g/mol. The van der Waals surface area contributed by atoms with E-state index in [4.69, 9.17) is 34.8 Å². The van der Waals surface area contributed by atoms with Gasteiger partial charge in [-0.25, -0.2) is 0 Å². The van der Waals surface area contributed by atoms with Gasteiger partial charge in [-0.1, -0.05) is 73.3 Å². The molecule has 0 saturated heterocycles. The summed E-state index contributed by atoms with van der Waals surface area (Å²) in [5, 5.41) is 4.43. The third-order valence-electron chi connectivity index (χ3n) is 4.82. The molecule has 4 nitrogen and oxygen atoms in total. The van der Waals surface area contributed by atoms with Gasteiger partial charge in [-0.15, -0.1) is 0 Å². The molecule has 2 aromatic carbocycles. The Hall–Kier alpha value is -1.75. The number of benzene rings is 2. The van der Waals surface area contributed by atoms with E-state index >= 15 is 0 Å². The van der Waals surface area contributed by atoms with Crippen molar-refractivity contribution >= 4 is 46.6 Å². The lowest BCUT2D eigenvalue weighted by molar-refractivity contribution is -0.140. The van der Waals surface area contributed by atoms with Crippen LogP contribution in [-0.4, -0.2) is 29.3 Å². The molecule has 0 aliphatic heterocycles. The Kier molecular flexibility index (Phi) is 9.96. The second-order valence-corrected chi connectivity index (χ2v) is 8.39. The van der Waals surface area contributed by atoms with Crippen LogP contribution in [0.1, 0.15) is 44.2 Å². The average Bonchev–Trinajstić information content (AvgIpc) is 2.72. The van der Waals surface area contributed by atoms with Gasteiger partial charge in [-0.3, -0.25) is 9.59 Å². The molecule has 2 aromatic rings. The van der Waals surface area contributed by atoms with Crippen LogP contribution >= 0.6 is 34.8 Å². The van der Waals surface area contributed by atoms with Gasteiger partial charge in [0.05, 0.1) is 16.5 Å². The molecule has 0 unspecified atom stereocenters. The highest BCUT2D eigenvalue weighted by atomic mass is 35.5. The summed E-state index contributed by atoms with van der Waals surface area (Å²) >= 11 is 18.1. The number of carbonyl (C=O) groups excluding carboxylic acids is 2. The van der Waals surface area contributed by atoms with Crippen LogP contribution in [0.25, 0.3) is 0 Å². The smallest absolute Gasteiger partial charge is 0.242 e. The van der Waals surface area contributed by atoms with Gasteiger partial charge in [0.15, 0.2) is 0 Å². The molecule has 0 radical (unpaired) electrons. The van der Waals surface area contributed by atoms with Crippen molar-refractivity contribution in [2.45, 2.75) is 52.1 Å². The molecule has 0 aliphatic rings. The van der Waals surface area contributed by atoms with E-state index in [0.717, 1.165) is 24.0 Å². The van der Waals surface area contributed by atoms with Crippen LogP contribution in [0.3, 0.4) is 0 Å². The Balaban J connectivity index is 2.26. The summed E-state index contributed by atoms with van der Waals surface area (Å²) < 4.78 is 0. The van der Waals surface area contributed by atoms with Crippen molar-refractivity contribution in [1.29, 1.82) is 0 Å². The normalized spacial score (nSPS) is 11.8. The average molecular weight is 470 g/mol. The molecule has 7 heteroatoms. The van der Waals surface area contributed by atoms with Gasteiger partial charge in [-0.05, 0) is 48.2 Å². The maximum atomic E-state index is 13.2. The molecule has 162 valence electrons. The molecular weight excluding hydrogens is 443 g/mol. The zero-order chi connectivity index (χ0) is 22.1. The van der Waals surface area contributed by atoms with Crippen molar-refractivity contribution in [1.82, 2.24) is 10.2 Å². The number of rotatable bonds is 10. The summed E-state index contributed by atoms with van der Waals surface area (Å²) in [6.45, 7) is 4.83. The summed E-state index contributed by atoms with van der Waals surface area (Å²) in [5.74, 6) is -0.281. The van der Waals surface area contributed by atoms with Crippen LogP contribution in [-0.2, 0) is 22.6 Å². The van der Waals surface area contributed by atoms with Crippen LogP contribution in [0.2, 0.25) is 15.1 Å². The number of hydrogen-bond acceptors (Lipinski definition) is 2. The Labute approximate surface area is 193 Å². The number of nitrogens with one attached hydrogen (secondary N) is 1. The molecule has 0 aliphatic carbocycles. The molecule has 0 bridgehead atoms. The maximum Gasteiger partial charge on any atom is 0.242 e. The lowest BCUT2D eigenvalue weighted by Crippen LogP contribution is -2.49. The maximum absolute atomic E-state index is 13.2. The lowest BCUT2D eigenvalue weighted by atomic mass is 10.1. The minimum atomic E-state index is -0.573. The second kappa shape index (κ2) is 12.2. The molecule has 0 saturated carbocycles. The van der Waals surface area contributed by atoms with Crippen molar-refractivity contribution in [3.05, 3.63) is 68.7 Å². The van der Waals surface area contributed by atoms with Crippen molar-refractivity contribution in [2.24, 2.45) is 0 Å². The minimum Gasteiger partial charge on any atom is -0.354 e. The van der Waals surface area contributed by atoms with Crippen molar-refractivity contribution < 1.29 is 9.59 Å². The topological polar surface area (TPSA) is 49.4 Å². The SMILES string of the molecule is CCCCNC(=O)[C@@H](CC)N(Cc1ccc(Cl)c(Cl)c1)C(=O)Cc1ccc(Cl)cc1. The highest BCUT2D eigenvalue weighted by molar-refractivity contribution is 6.42. The van der Waals surface area contributed by atoms with Gasteiger partial charge in [0, 0.05) is 18.1 Å². The van der Waals surface area contributed by atoms with E-state index in [2.05, 4.69) is 12.2 Å². The van der Waals surface area contributed by atoms with E-state index < -0.39 is 6.04 Å². The number of unbranched alkanes of at least 4 members (excludes halogenated alkanes) is 1. The largest absolute Gasteiger partial charge is 0.354 e. The zero-order valence-electron chi connectivity index (χ0n) is 17.3. The Morgan fingerprint density at radius 1 is 0.967 bits per heavy atom. The zero-order valence-corrected chi connectivity index (χ0v) is 19.5. The Bertz CT molecular complexity index is 856. The molecule has 1 N–H and O–H groups in total. The van der Waals surface area contributed by atoms with Crippen molar-refractivity contribution in [3.63, 3.8) is 0 Å². The Morgan fingerprint density at radius 2 is 1.63 bits per heavy atom. The number of halogens is 3. The fourth-order valence-electron chi connectivity index (χ4n) is 3.14. The number of carbonyl (C=O) groups is 2. The van der Waals surface area contributed by atoms with E-state index in [9.17, 15) is 9.59 Å². The van der Waals surface area contributed by atoms with Crippen molar-refractivity contribution in [2.75, 3.05) is 6.54 Å². The van der Waals surface area contributed by atoms with Gasteiger partial charge in [0.25, 0.3) is 0 Å². The van der Waals surface area contributed by atoms with E-state index in [-0.39, 0.29) is 24.8 Å². The first-order valence-electron chi connectivity index (χ1n) is 10.1. The fourth-order valence-corrected chi connectivity index (χ4v) is 3.59. The number of nitrogens with zero attached hydrogens (tertiary/aromatic N) is 1. The summed E-state index contributed by atoms with van der Waals surface area (Å²) in [5.41, 5.74) is 1.65. The van der Waals surface area contributed by atoms with Gasteiger partial charge in [0.2, 0.25) is 11.8 Å². The summed E-state index contributed by atoms with van der Waals surface area (Å²) in [6, 6.07) is 11.8. The standard InChI is InChI=1S/C23H27Cl3N2O2/c1-3-5-12-27-23(30)21(4-2)28(15-17-8-11-19(25)20(26)13-17)22(29)14-16-6-9-18(24)10-7-16/h6-11,13,21H,3-5,12,14-15H2,1-2H3,(H,27,30)/t21-/m1/s1. The third kappa shape index (κ3) is 7.19. The first kappa shape index (κ1) is 24.5. The van der Waals surface area contributed by atoms with Crippen LogP contribution in [0.4, 0.5) is 0 Å². The molecule has 2 amide bonds. The molecule has 0 fully saturated rings. The lowest BCUT2D eigenvalue weighted by Gasteiger charge is -2.31. The number of hydrogen-bond donors (Lipinski definition) is 1. The highest BCUT2D eigenvalue weighted by Crippen LogP contribution is 2.24. The first-order valence-corrected chi connectivity index (χ1v) is 11.2. The van der Waals surface area contributed by atoms with Crippen LogP contribution < -0.4 is 5.32 Å². The van der Waals surface area contributed by atoms with Crippen LogP contribution in [0.5, 0.6) is 0 Å². The molecule has 30 heavy (non-hydrogen) atoms. The first-order chi connectivity index (χ1) is 14.3. The molecule has 1 atom stereocenters. The van der Waals surface area contributed by atoms with Gasteiger partial charge in [0.1, 0.15) is 6.04 Å². The van der Waals surface area contributed by atoms with Crippen molar-refractivity contribution in [3.8, 4) is 0 Å². The summed E-state index contributed by atoms with van der Waals surface area (Å²) in [6.07, 6.45) is 2.57. The third-order valence-corrected chi connectivity index (χ3v) is 5.81. The fraction of sp³-hybridized carbons (Fsp3) is 0.391. The summed E-state index contributed by atoms with van der Waals surface area (Å²) in [4.78, 5) is 27.7. The molecule has 0 spiro atoms. The predicted octanol–water partition coefficient (Wildman–Crippen LogP) is 5.91. The van der Waals surface area contributed by atoms with Crippen LogP contribution in [0, 0.1) is 0 Å². The molecular formula is C23H27Cl3N2O2. The molecule has 2 rings (SSSR count). The Morgan fingerprint density at radius 3 is 2.23 bits per heavy atom. The van der Waals surface area contributed by atoms with E-state index in [1.165, 1.54) is 0 Å². The quantitative estimate of drug-likeness (QED) is 0.440. The predicted molar refractivity (Wildman–Crippen MR) is 124 cm³/mol. The minimum absolute atomic E-state index is 0.138.